The molecule has 5 heteroatoms. The number of aryl methyl sites for hydroxylation is 1. The molecular formula is C8H10N2O2S. The largest absolute Gasteiger partial charge is 0.481 e. The van der Waals surface area contributed by atoms with E-state index < -0.39 is 5.97 Å². The maximum Gasteiger partial charge on any atom is 0.304 e. The molecule has 1 aromatic heterocycles. The lowest BCUT2D eigenvalue weighted by Crippen LogP contribution is -1.96. The Morgan fingerprint density at radius 2 is 2.38 bits per heavy atom. The standard InChI is InChI=1S/C8H10N2O2S/c1-6-4-7(10-5-9-6)13-3-2-8(11)12/h4-5H,2-3H2,1H3,(H,11,12). The molecule has 13 heavy (non-hydrogen) atoms. The van der Waals surface area contributed by atoms with Crippen molar-refractivity contribution in [3.8, 4) is 0 Å². The van der Waals surface area contributed by atoms with Gasteiger partial charge in [-0.05, 0) is 13.0 Å². The second-order valence-electron chi connectivity index (χ2n) is 2.49. The molecular weight excluding hydrogens is 188 g/mol. The first-order valence-electron chi connectivity index (χ1n) is 3.82. The van der Waals surface area contributed by atoms with E-state index in [0.717, 1.165) is 10.7 Å². The van der Waals surface area contributed by atoms with E-state index in [1.54, 1.807) is 0 Å². The molecule has 0 aliphatic carbocycles. The highest BCUT2D eigenvalue weighted by Gasteiger charge is 1.99. The van der Waals surface area contributed by atoms with Crippen LogP contribution < -0.4 is 0 Å². The summed E-state index contributed by atoms with van der Waals surface area (Å²) in [5.74, 6) is -0.232. The van der Waals surface area contributed by atoms with Gasteiger partial charge in [0.25, 0.3) is 0 Å². The molecule has 0 aliphatic rings. The van der Waals surface area contributed by atoms with Gasteiger partial charge < -0.3 is 5.11 Å². The Morgan fingerprint density at radius 3 is 3.00 bits per heavy atom. The van der Waals surface area contributed by atoms with E-state index in [9.17, 15) is 4.79 Å². The number of carboxylic acids is 1. The molecule has 70 valence electrons. The van der Waals surface area contributed by atoms with Gasteiger partial charge in [-0.15, -0.1) is 11.8 Å². The zero-order valence-electron chi connectivity index (χ0n) is 7.23. The minimum Gasteiger partial charge on any atom is -0.481 e. The first-order valence-corrected chi connectivity index (χ1v) is 4.80. The SMILES string of the molecule is Cc1cc(SCCC(=O)O)ncn1. The predicted molar refractivity (Wildman–Crippen MR) is 49.7 cm³/mol. The summed E-state index contributed by atoms with van der Waals surface area (Å²) in [6.07, 6.45) is 1.64. The van der Waals surface area contributed by atoms with Crippen LogP contribution in [-0.4, -0.2) is 26.8 Å². The van der Waals surface area contributed by atoms with Crippen LogP contribution in [0.5, 0.6) is 0 Å². The predicted octanol–water partition coefficient (Wildman–Crippen LogP) is 1.35. The number of carbonyl (C=O) groups is 1. The van der Waals surface area contributed by atoms with Crippen LogP contribution >= 0.6 is 11.8 Å². The molecule has 0 radical (unpaired) electrons. The van der Waals surface area contributed by atoms with E-state index in [0.29, 0.717) is 5.75 Å². The minimum absolute atomic E-state index is 0.160. The Kier molecular flexibility index (Phi) is 3.70. The molecule has 0 bridgehead atoms. The Bertz CT molecular complexity index is 304. The molecule has 0 saturated carbocycles. The average Bonchev–Trinajstić information content (AvgIpc) is 2.03. The highest BCUT2D eigenvalue weighted by atomic mass is 32.2. The van der Waals surface area contributed by atoms with Gasteiger partial charge in [0.1, 0.15) is 6.33 Å². The first kappa shape index (κ1) is 9.98. The monoisotopic (exact) mass is 198 g/mol. The minimum atomic E-state index is -0.779. The Morgan fingerprint density at radius 1 is 1.62 bits per heavy atom. The number of aromatic nitrogens is 2. The lowest BCUT2D eigenvalue weighted by molar-refractivity contribution is -0.136. The molecule has 1 heterocycles. The molecule has 1 rings (SSSR count). The van der Waals surface area contributed by atoms with Crippen LogP contribution in [0.3, 0.4) is 0 Å². The summed E-state index contributed by atoms with van der Waals surface area (Å²) in [6.45, 7) is 1.88. The van der Waals surface area contributed by atoms with Crippen LogP contribution in [0.25, 0.3) is 0 Å². The van der Waals surface area contributed by atoms with Gasteiger partial charge in [-0.3, -0.25) is 4.79 Å². The number of hydrogen-bond donors (Lipinski definition) is 1. The normalized spacial score (nSPS) is 9.92. The molecule has 0 aromatic carbocycles. The molecule has 1 aromatic rings. The number of carboxylic acid groups (broad SMARTS) is 1. The lowest BCUT2D eigenvalue weighted by Gasteiger charge is -1.98. The van der Waals surface area contributed by atoms with Crippen molar-refractivity contribution in [1.29, 1.82) is 0 Å². The number of hydrogen-bond acceptors (Lipinski definition) is 4. The van der Waals surface area contributed by atoms with Crippen LogP contribution in [0.2, 0.25) is 0 Å². The van der Waals surface area contributed by atoms with Crippen molar-refractivity contribution in [2.75, 3.05) is 5.75 Å². The maximum atomic E-state index is 10.2. The molecule has 0 amide bonds. The van der Waals surface area contributed by atoms with Crippen molar-refractivity contribution in [2.24, 2.45) is 0 Å². The van der Waals surface area contributed by atoms with Crippen molar-refractivity contribution in [3.05, 3.63) is 18.1 Å². The first-order chi connectivity index (χ1) is 6.18. The topological polar surface area (TPSA) is 63.1 Å². The fourth-order valence-electron chi connectivity index (χ4n) is 0.752. The van der Waals surface area contributed by atoms with Gasteiger partial charge in [0.2, 0.25) is 0 Å². The number of rotatable bonds is 4. The van der Waals surface area contributed by atoms with E-state index in [1.165, 1.54) is 18.1 Å². The quantitative estimate of drug-likeness (QED) is 0.584. The Hall–Kier alpha value is -1.10. The number of thioether (sulfide) groups is 1. The van der Waals surface area contributed by atoms with Gasteiger partial charge in [-0.2, -0.15) is 0 Å². The highest BCUT2D eigenvalue weighted by Crippen LogP contribution is 2.15. The van der Waals surface area contributed by atoms with Crippen molar-refractivity contribution in [2.45, 2.75) is 18.4 Å². The third kappa shape index (κ3) is 3.89. The maximum absolute atomic E-state index is 10.2. The molecule has 0 spiro atoms. The van der Waals surface area contributed by atoms with Gasteiger partial charge in [0.15, 0.2) is 0 Å². The van der Waals surface area contributed by atoms with Crippen molar-refractivity contribution in [3.63, 3.8) is 0 Å². The van der Waals surface area contributed by atoms with E-state index in [-0.39, 0.29) is 6.42 Å². The number of aliphatic carboxylic acids is 1. The average molecular weight is 198 g/mol. The van der Waals surface area contributed by atoms with Crippen LogP contribution in [0.4, 0.5) is 0 Å². The summed E-state index contributed by atoms with van der Waals surface area (Å²) < 4.78 is 0. The summed E-state index contributed by atoms with van der Waals surface area (Å²) in [4.78, 5) is 18.1. The van der Waals surface area contributed by atoms with E-state index >= 15 is 0 Å². The van der Waals surface area contributed by atoms with Crippen LogP contribution in [-0.2, 0) is 4.79 Å². The highest BCUT2D eigenvalue weighted by molar-refractivity contribution is 7.99. The molecule has 0 unspecified atom stereocenters. The summed E-state index contributed by atoms with van der Waals surface area (Å²) >= 11 is 1.43. The van der Waals surface area contributed by atoms with Crippen LogP contribution in [0, 0.1) is 6.92 Å². The van der Waals surface area contributed by atoms with E-state index in [2.05, 4.69) is 9.97 Å². The second kappa shape index (κ2) is 4.81. The molecule has 4 nitrogen and oxygen atoms in total. The third-order valence-corrected chi connectivity index (χ3v) is 2.27. The Labute approximate surface area is 80.4 Å². The summed E-state index contributed by atoms with van der Waals surface area (Å²) in [5, 5.41) is 9.23. The van der Waals surface area contributed by atoms with Crippen molar-refractivity contribution >= 4 is 17.7 Å². The van der Waals surface area contributed by atoms with E-state index in [4.69, 9.17) is 5.11 Å². The molecule has 0 saturated heterocycles. The van der Waals surface area contributed by atoms with Gasteiger partial charge in [-0.1, -0.05) is 0 Å². The smallest absolute Gasteiger partial charge is 0.304 e. The van der Waals surface area contributed by atoms with Gasteiger partial charge in [0.05, 0.1) is 11.4 Å². The van der Waals surface area contributed by atoms with Gasteiger partial charge in [-0.25, -0.2) is 9.97 Å². The fraction of sp³-hybridized carbons (Fsp3) is 0.375. The second-order valence-corrected chi connectivity index (χ2v) is 3.61. The summed E-state index contributed by atoms with van der Waals surface area (Å²) in [5.41, 5.74) is 0.896. The molecule has 0 atom stereocenters. The molecule has 0 aliphatic heterocycles. The summed E-state index contributed by atoms with van der Waals surface area (Å²) in [7, 11) is 0. The van der Waals surface area contributed by atoms with Crippen molar-refractivity contribution in [1.82, 2.24) is 9.97 Å². The van der Waals surface area contributed by atoms with Crippen molar-refractivity contribution < 1.29 is 9.90 Å². The van der Waals surface area contributed by atoms with Gasteiger partial charge in [0, 0.05) is 11.4 Å². The van der Waals surface area contributed by atoms with Gasteiger partial charge >= 0.3 is 5.97 Å². The molecule has 0 fully saturated rings. The third-order valence-electron chi connectivity index (χ3n) is 1.34. The lowest BCUT2D eigenvalue weighted by atomic mass is 10.5. The van der Waals surface area contributed by atoms with E-state index in [1.807, 2.05) is 13.0 Å². The van der Waals surface area contributed by atoms with Crippen LogP contribution in [0.15, 0.2) is 17.4 Å². The Balaban J connectivity index is 2.41. The zero-order valence-corrected chi connectivity index (χ0v) is 8.04. The zero-order chi connectivity index (χ0) is 9.68. The number of nitrogens with zero attached hydrogens (tertiary/aromatic N) is 2. The molecule has 1 N–H and O–H groups in total. The van der Waals surface area contributed by atoms with Crippen LogP contribution in [0.1, 0.15) is 12.1 Å². The fourth-order valence-corrected chi connectivity index (χ4v) is 1.61. The summed E-state index contributed by atoms with van der Waals surface area (Å²) in [6, 6.07) is 1.84.